The van der Waals surface area contributed by atoms with E-state index < -0.39 is 0 Å². The molecule has 0 bridgehead atoms. The molecule has 1 aliphatic heterocycles. The van der Waals surface area contributed by atoms with Crippen LogP contribution in [0.4, 0.5) is 0 Å². The highest BCUT2D eigenvalue weighted by Crippen LogP contribution is 2.19. The zero-order chi connectivity index (χ0) is 18.9. The molecule has 0 amide bonds. The number of nitrogens with zero attached hydrogens (tertiary/aromatic N) is 2. The molecule has 0 spiro atoms. The number of hydrogen-bond acceptors (Lipinski definition) is 5. The first-order chi connectivity index (χ1) is 13.2. The number of ether oxygens (including phenoxy) is 2. The lowest BCUT2D eigenvalue weighted by Gasteiger charge is -2.26. The van der Waals surface area contributed by atoms with E-state index in [0.717, 1.165) is 49.8 Å². The van der Waals surface area contributed by atoms with Crippen LogP contribution in [0.25, 0.3) is 11.4 Å². The van der Waals surface area contributed by atoms with Crippen LogP contribution in [-0.4, -0.2) is 34.1 Å². The predicted octanol–water partition coefficient (Wildman–Crippen LogP) is 4.88. The maximum absolute atomic E-state index is 9.35. The average Bonchev–Trinajstić information content (AvgIpc) is 2.70. The summed E-state index contributed by atoms with van der Waals surface area (Å²) >= 11 is 0. The van der Waals surface area contributed by atoms with Crippen LogP contribution in [-0.2, 0) is 15.9 Å². The Morgan fingerprint density at radius 3 is 2.59 bits per heavy atom. The zero-order valence-corrected chi connectivity index (χ0v) is 16.1. The molecule has 1 aliphatic rings. The molecule has 1 aromatic heterocycles. The smallest absolute Gasteiger partial charge is 0.159 e. The molecule has 1 fully saturated rings. The molecule has 5 heteroatoms. The lowest BCUT2D eigenvalue weighted by atomic mass is 10.1. The van der Waals surface area contributed by atoms with Crippen LogP contribution in [0.3, 0.4) is 0 Å². The van der Waals surface area contributed by atoms with Crippen molar-refractivity contribution in [2.75, 3.05) is 6.61 Å². The van der Waals surface area contributed by atoms with Gasteiger partial charge in [-0.1, -0.05) is 12.8 Å². The monoisotopic (exact) mass is 370 g/mol. The van der Waals surface area contributed by atoms with Crippen molar-refractivity contribution in [2.45, 2.75) is 70.7 Å². The summed E-state index contributed by atoms with van der Waals surface area (Å²) in [5.74, 6) is 0.941. The second kappa shape index (κ2) is 10.4. The van der Waals surface area contributed by atoms with Crippen LogP contribution in [0, 0.1) is 0 Å². The second-order valence-corrected chi connectivity index (χ2v) is 7.30. The largest absolute Gasteiger partial charge is 0.508 e. The average molecular weight is 370 g/mol. The van der Waals surface area contributed by atoms with Crippen molar-refractivity contribution in [3.63, 3.8) is 0 Å². The molecule has 1 aromatic carbocycles. The summed E-state index contributed by atoms with van der Waals surface area (Å²) in [7, 11) is 0. The van der Waals surface area contributed by atoms with Gasteiger partial charge in [-0.25, -0.2) is 9.97 Å². The van der Waals surface area contributed by atoms with Crippen molar-refractivity contribution >= 4 is 0 Å². The van der Waals surface area contributed by atoms with E-state index in [-0.39, 0.29) is 18.1 Å². The first kappa shape index (κ1) is 19.8. The number of benzene rings is 1. The fourth-order valence-electron chi connectivity index (χ4n) is 3.33. The lowest BCUT2D eigenvalue weighted by Crippen LogP contribution is -2.26. The van der Waals surface area contributed by atoms with Crippen molar-refractivity contribution in [3.8, 4) is 17.1 Å². The van der Waals surface area contributed by atoms with Crippen molar-refractivity contribution in [1.82, 2.24) is 9.97 Å². The highest BCUT2D eigenvalue weighted by atomic mass is 16.7. The van der Waals surface area contributed by atoms with E-state index >= 15 is 0 Å². The van der Waals surface area contributed by atoms with Crippen LogP contribution in [0.5, 0.6) is 5.75 Å². The number of rotatable bonds is 9. The fraction of sp³-hybridized carbons (Fsp3) is 0.545. The van der Waals surface area contributed by atoms with Crippen molar-refractivity contribution in [1.29, 1.82) is 0 Å². The van der Waals surface area contributed by atoms with Crippen molar-refractivity contribution in [3.05, 3.63) is 42.2 Å². The minimum absolute atomic E-state index is 0.0120. The van der Waals surface area contributed by atoms with Gasteiger partial charge in [0, 0.05) is 24.6 Å². The highest BCUT2D eigenvalue weighted by Gasteiger charge is 2.16. The van der Waals surface area contributed by atoms with Gasteiger partial charge in [-0.2, -0.15) is 0 Å². The molecule has 1 N–H and O–H groups in total. The Labute approximate surface area is 161 Å². The van der Waals surface area contributed by atoms with Gasteiger partial charge in [-0.15, -0.1) is 0 Å². The number of aromatic nitrogens is 2. The topological polar surface area (TPSA) is 64.5 Å². The third-order valence-electron chi connectivity index (χ3n) is 4.93. The zero-order valence-electron chi connectivity index (χ0n) is 16.1. The molecule has 2 unspecified atom stereocenters. The molecule has 2 aromatic rings. The SMILES string of the molecule is CC(CCCCCc1cnc(-c2ccc(O)cc2)nc1)OC1CCCCO1. The Morgan fingerprint density at radius 2 is 1.89 bits per heavy atom. The summed E-state index contributed by atoms with van der Waals surface area (Å²) in [4.78, 5) is 8.89. The van der Waals surface area contributed by atoms with E-state index in [4.69, 9.17) is 9.47 Å². The maximum atomic E-state index is 9.35. The lowest BCUT2D eigenvalue weighted by molar-refractivity contribution is -0.185. The molecule has 0 radical (unpaired) electrons. The van der Waals surface area contributed by atoms with Gasteiger partial charge in [0.2, 0.25) is 0 Å². The first-order valence-electron chi connectivity index (χ1n) is 10.1. The van der Waals surface area contributed by atoms with E-state index in [1.807, 2.05) is 24.5 Å². The molecule has 0 aliphatic carbocycles. The van der Waals surface area contributed by atoms with Crippen LogP contribution in [0.2, 0.25) is 0 Å². The Kier molecular flexibility index (Phi) is 7.60. The van der Waals surface area contributed by atoms with E-state index in [9.17, 15) is 5.11 Å². The third kappa shape index (κ3) is 6.60. The minimum Gasteiger partial charge on any atom is -0.508 e. The van der Waals surface area contributed by atoms with Gasteiger partial charge in [0.05, 0.1) is 6.10 Å². The van der Waals surface area contributed by atoms with Gasteiger partial charge >= 0.3 is 0 Å². The predicted molar refractivity (Wildman–Crippen MR) is 105 cm³/mol. The normalized spacial score (nSPS) is 18.3. The van der Waals surface area contributed by atoms with Gasteiger partial charge < -0.3 is 14.6 Å². The molecule has 1 saturated heterocycles. The molecule has 2 heterocycles. The number of phenolic OH excluding ortho intramolecular Hbond substituents is 1. The molecule has 2 atom stereocenters. The van der Waals surface area contributed by atoms with Gasteiger partial charge in [-0.05, 0) is 75.3 Å². The van der Waals surface area contributed by atoms with E-state index in [0.29, 0.717) is 5.82 Å². The standard InChI is InChI=1S/C22H30N2O3/c1-17(27-21-9-5-6-14-26-21)7-3-2-4-8-18-15-23-22(24-16-18)19-10-12-20(25)13-11-19/h10-13,15-17,21,25H,2-9,14H2,1H3. The molecule has 27 heavy (non-hydrogen) atoms. The summed E-state index contributed by atoms with van der Waals surface area (Å²) in [5.41, 5.74) is 2.08. The van der Waals surface area contributed by atoms with Crippen LogP contribution >= 0.6 is 0 Å². The summed E-state index contributed by atoms with van der Waals surface area (Å²) in [6, 6.07) is 6.95. The number of unbranched alkanes of at least 4 members (excludes halogenated alkanes) is 2. The van der Waals surface area contributed by atoms with E-state index in [2.05, 4.69) is 16.9 Å². The Bertz CT molecular complexity index is 667. The Hall–Kier alpha value is -1.98. The summed E-state index contributed by atoms with van der Waals surface area (Å²) in [6.07, 6.45) is 13.0. The number of phenols is 1. The maximum Gasteiger partial charge on any atom is 0.159 e. The van der Waals surface area contributed by atoms with Crippen LogP contribution < -0.4 is 0 Å². The van der Waals surface area contributed by atoms with Gasteiger partial charge in [0.25, 0.3) is 0 Å². The minimum atomic E-state index is 0.0120. The summed E-state index contributed by atoms with van der Waals surface area (Å²) in [6.45, 7) is 2.98. The molecular formula is C22H30N2O3. The van der Waals surface area contributed by atoms with E-state index in [1.165, 1.54) is 19.3 Å². The quantitative estimate of drug-likeness (QED) is 0.637. The van der Waals surface area contributed by atoms with Crippen molar-refractivity contribution < 1.29 is 14.6 Å². The van der Waals surface area contributed by atoms with Gasteiger partial charge in [0.15, 0.2) is 12.1 Å². The Balaban J connectivity index is 1.32. The number of aromatic hydroxyl groups is 1. The third-order valence-corrected chi connectivity index (χ3v) is 4.93. The van der Waals surface area contributed by atoms with Crippen LogP contribution in [0.1, 0.15) is 57.4 Å². The Morgan fingerprint density at radius 1 is 1.11 bits per heavy atom. The van der Waals surface area contributed by atoms with Crippen LogP contribution in [0.15, 0.2) is 36.7 Å². The first-order valence-corrected chi connectivity index (χ1v) is 10.1. The summed E-state index contributed by atoms with van der Waals surface area (Å²) < 4.78 is 11.6. The summed E-state index contributed by atoms with van der Waals surface area (Å²) in [5, 5.41) is 9.35. The van der Waals surface area contributed by atoms with Crippen molar-refractivity contribution in [2.24, 2.45) is 0 Å². The number of hydrogen-bond donors (Lipinski definition) is 1. The van der Waals surface area contributed by atoms with E-state index in [1.54, 1.807) is 12.1 Å². The molecule has 3 rings (SSSR count). The molecule has 0 saturated carbocycles. The molecule has 146 valence electrons. The van der Waals surface area contributed by atoms with Gasteiger partial charge in [0.1, 0.15) is 5.75 Å². The second-order valence-electron chi connectivity index (χ2n) is 7.30. The van der Waals surface area contributed by atoms with Gasteiger partial charge in [-0.3, -0.25) is 0 Å². The highest BCUT2D eigenvalue weighted by molar-refractivity contribution is 5.55. The number of aryl methyl sites for hydroxylation is 1. The molecule has 5 nitrogen and oxygen atoms in total. The molecular weight excluding hydrogens is 340 g/mol. The fourth-order valence-corrected chi connectivity index (χ4v) is 3.33.